The van der Waals surface area contributed by atoms with Crippen molar-refractivity contribution in [1.29, 1.82) is 0 Å². The standard InChI is InChI=1S/C18H20N4O/c1-14-5-7-15(8-6-14)12-20-18(23)19-10-9-16-13-22-11-3-2-4-17(22)21-16/h2-8,11,13H,9-10,12H2,1H3,(H2,19,20,23). The van der Waals surface area contributed by atoms with E-state index in [1.54, 1.807) is 0 Å². The van der Waals surface area contributed by atoms with Gasteiger partial charge in [-0.3, -0.25) is 0 Å². The summed E-state index contributed by atoms with van der Waals surface area (Å²) in [7, 11) is 0. The average Bonchev–Trinajstić information content (AvgIpc) is 2.97. The van der Waals surface area contributed by atoms with E-state index >= 15 is 0 Å². The van der Waals surface area contributed by atoms with Crippen LogP contribution in [0.15, 0.2) is 54.9 Å². The lowest BCUT2D eigenvalue weighted by molar-refractivity contribution is 0.240. The van der Waals surface area contributed by atoms with E-state index in [4.69, 9.17) is 0 Å². The molecule has 0 aliphatic carbocycles. The number of nitrogens with zero attached hydrogens (tertiary/aromatic N) is 2. The first-order chi connectivity index (χ1) is 11.2. The van der Waals surface area contributed by atoms with E-state index < -0.39 is 0 Å². The van der Waals surface area contributed by atoms with Crippen LogP contribution in [0.4, 0.5) is 4.79 Å². The van der Waals surface area contributed by atoms with Crippen molar-refractivity contribution in [3.05, 3.63) is 71.7 Å². The van der Waals surface area contributed by atoms with Crippen LogP contribution in [0.5, 0.6) is 0 Å². The molecule has 5 nitrogen and oxygen atoms in total. The highest BCUT2D eigenvalue weighted by Gasteiger charge is 2.03. The van der Waals surface area contributed by atoms with Gasteiger partial charge in [-0.2, -0.15) is 0 Å². The Kier molecular flexibility index (Phi) is 4.57. The number of aromatic nitrogens is 2. The van der Waals surface area contributed by atoms with Gasteiger partial charge in [0.1, 0.15) is 5.65 Å². The Balaban J connectivity index is 1.43. The molecule has 3 aromatic rings. The van der Waals surface area contributed by atoms with Crippen molar-refractivity contribution in [2.45, 2.75) is 19.9 Å². The minimum atomic E-state index is -0.158. The fourth-order valence-corrected chi connectivity index (χ4v) is 2.36. The highest BCUT2D eigenvalue weighted by atomic mass is 16.2. The van der Waals surface area contributed by atoms with Crippen molar-refractivity contribution >= 4 is 11.7 Å². The molecule has 3 rings (SSSR count). The second kappa shape index (κ2) is 6.96. The minimum absolute atomic E-state index is 0.158. The van der Waals surface area contributed by atoms with Crippen LogP contribution in [-0.2, 0) is 13.0 Å². The fraction of sp³-hybridized carbons (Fsp3) is 0.222. The van der Waals surface area contributed by atoms with Gasteiger partial charge in [-0.1, -0.05) is 35.9 Å². The van der Waals surface area contributed by atoms with Crippen molar-refractivity contribution in [1.82, 2.24) is 20.0 Å². The van der Waals surface area contributed by atoms with Gasteiger partial charge in [0.05, 0.1) is 5.69 Å². The first-order valence-corrected chi connectivity index (χ1v) is 7.70. The number of nitrogens with one attached hydrogen (secondary N) is 2. The van der Waals surface area contributed by atoms with Gasteiger partial charge < -0.3 is 15.0 Å². The Morgan fingerprint density at radius 1 is 1.13 bits per heavy atom. The molecule has 0 saturated carbocycles. The lowest BCUT2D eigenvalue weighted by Crippen LogP contribution is -2.36. The molecule has 0 fully saturated rings. The van der Waals surface area contributed by atoms with Crippen LogP contribution in [0.1, 0.15) is 16.8 Å². The third-order valence-electron chi connectivity index (χ3n) is 3.65. The predicted molar refractivity (Wildman–Crippen MR) is 90.3 cm³/mol. The number of rotatable bonds is 5. The number of hydrogen-bond donors (Lipinski definition) is 2. The Morgan fingerprint density at radius 2 is 1.96 bits per heavy atom. The van der Waals surface area contributed by atoms with Crippen molar-refractivity contribution in [3.8, 4) is 0 Å². The Morgan fingerprint density at radius 3 is 2.74 bits per heavy atom. The largest absolute Gasteiger partial charge is 0.338 e. The monoisotopic (exact) mass is 308 g/mol. The van der Waals surface area contributed by atoms with E-state index in [1.807, 2.05) is 66.2 Å². The molecule has 5 heteroatoms. The fourth-order valence-electron chi connectivity index (χ4n) is 2.36. The molecule has 118 valence electrons. The van der Waals surface area contributed by atoms with Crippen molar-refractivity contribution < 1.29 is 4.79 Å². The van der Waals surface area contributed by atoms with Crippen LogP contribution in [0.2, 0.25) is 0 Å². The first kappa shape index (κ1) is 15.1. The van der Waals surface area contributed by atoms with E-state index in [0.29, 0.717) is 19.5 Å². The maximum atomic E-state index is 11.8. The highest BCUT2D eigenvalue weighted by Crippen LogP contribution is 2.05. The van der Waals surface area contributed by atoms with Crippen molar-refractivity contribution in [2.24, 2.45) is 0 Å². The molecule has 0 aliphatic heterocycles. The molecule has 2 heterocycles. The van der Waals surface area contributed by atoms with Crippen LogP contribution >= 0.6 is 0 Å². The van der Waals surface area contributed by atoms with Crippen molar-refractivity contribution in [2.75, 3.05) is 6.54 Å². The molecule has 0 radical (unpaired) electrons. The summed E-state index contributed by atoms with van der Waals surface area (Å²) in [6.07, 6.45) is 4.66. The van der Waals surface area contributed by atoms with Gasteiger partial charge in [-0.25, -0.2) is 9.78 Å². The number of carbonyl (C=O) groups excluding carboxylic acids is 1. The number of urea groups is 1. The maximum Gasteiger partial charge on any atom is 0.315 e. The molecule has 23 heavy (non-hydrogen) atoms. The zero-order valence-electron chi connectivity index (χ0n) is 13.1. The van der Waals surface area contributed by atoms with Gasteiger partial charge in [0.2, 0.25) is 0 Å². The lowest BCUT2D eigenvalue weighted by Gasteiger charge is -2.07. The van der Waals surface area contributed by atoms with E-state index in [2.05, 4.69) is 15.6 Å². The SMILES string of the molecule is Cc1ccc(CNC(=O)NCCc2cn3ccccc3n2)cc1. The third-order valence-corrected chi connectivity index (χ3v) is 3.65. The molecule has 0 atom stereocenters. The van der Waals surface area contributed by atoms with Crippen LogP contribution in [-0.4, -0.2) is 22.0 Å². The van der Waals surface area contributed by atoms with Crippen LogP contribution < -0.4 is 10.6 Å². The molecule has 2 aromatic heterocycles. The summed E-state index contributed by atoms with van der Waals surface area (Å²) in [5.74, 6) is 0. The lowest BCUT2D eigenvalue weighted by atomic mass is 10.1. The molecule has 0 bridgehead atoms. The Bertz CT molecular complexity index is 759. The van der Waals surface area contributed by atoms with Gasteiger partial charge in [0, 0.05) is 31.9 Å². The van der Waals surface area contributed by atoms with Gasteiger partial charge in [0.25, 0.3) is 0 Å². The molecular formula is C18H20N4O. The average molecular weight is 308 g/mol. The molecule has 2 N–H and O–H groups in total. The molecule has 0 saturated heterocycles. The topological polar surface area (TPSA) is 58.4 Å². The molecule has 0 spiro atoms. The summed E-state index contributed by atoms with van der Waals surface area (Å²) in [6.45, 7) is 3.13. The summed E-state index contributed by atoms with van der Waals surface area (Å²) >= 11 is 0. The second-order valence-electron chi connectivity index (χ2n) is 5.54. The van der Waals surface area contributed by atoms with E-state index in [0.717, 1.165) is 16.9 Å². The normalized spacial score (nSPS) is 10.7. The number of aryl methyl sites for hydroxylation is 1. The van der Waals surface area contributed by atoms with E-state index in [9.17, 15) is 4.79 Å². The minimum Gasteiger partial charge on any atom is -0.338 e. The Labute approximate surface area is 135 Å². The number of carbonyl (C=O) groups is 1. The zero-order chi connectivity index (χ0) is 16.1. The first-order valence-electron chi connectivity index (χ1n) is 7.70. The summed E-state index contributed by atoms with van der Waals surface area (Å²) in [6, 6.07) is 13.9. The molecular weight excluding hydrogens is 288 g/mol. The van der Waals surface area contributed by atoms with E-state index in [1.165, 1.54) is 5.56 Å². The number of pyridine rings is 1. The zero-order valence-corrected chi connectivity index (χ0v) is 13.1. The van der Waals surface area contributed by atoms with E-state index in [-0.39, 0.29) is 6.03 Å². The van der Waals surface area contributed by atoms with Gasteiger partial charge in [-0.05, 0) is 24.6 Å². The molecule has 0 aliphatic rings. The summed E-state index contributed by atoms with van der Waals surface area (Å²) < 4.78 is 1.98. The van der Waals surface area contributed by atoms with Gasteiger partial charge in [0.15, 0.2) is 0 Å². The number of fused-ring (bicyclic) bond motifs is 1. The maximum absolute atomic E-state index is 11.8. The smallest absolute Gasteiger partial charge is 0.315 e. The number of imidazole rings is 1. The molecule has 2 amide bonds. The highest BCUT2D eigenvalue weighted by molar-refractivity contribution is 5.73. The predicted octanol–water partition coefficient (Wildman–Crippen LogP) is 2.68. The van der Waals surface area contributed by atoms with Crippen LogP contribution in [0, 0.1) is 6.92 Å². The van der Waals surface area contributed by atoms with Crippen LogP contribution in [0.25, 0.3) is 5.65 Å². The Hall–Kier alpha value is -2.82. The number of hydrogen-bond acceptors (Lipinski definition) is 2. The van der Waals surface area contributed by atoms with Crippen LogP contribution in [0.3, 0.4) is 0 Å². The molecule has 1 aromatic carbocycles. The van der Waals surface area contributed by atoms with Gasteiger partial charge >= 0.3 is 6.03 Å². The second-order valence-corrected chi connectivity index (χ2v) is 5.54. The summed E-state index contributed by atoms with van der Waals surface area (Å²) in [5.41, 5.74) is 4.19. The number of benzene rings is 1. The summed E-state index contributed by atoms with van der Waals surface area (Å²) in [5, 5.41) is 5.71. The third kappa shape index (κ3) is 4.10. The summed E-state index contributed by atoms with van der Waals surface area (Å²) in [4.78, 5) is 16.3. The van der Waals surface area contributed by atoms with Crippen molar-refractivity contribution in [3.63, 3.8) is 0 Å². The number of amides is 2. The molecule has 0 unspecified atom stereocenters. The quantitative estimate of drug-likeness (QED) is 0.761. The van der Waals surface area contributed by atoms with Gasteiger partial charge in [-0.15, -0.1) is 0 Å².